The van der Waals surface area contributed by atoms with E-state index in [-0.39, 0.29) is 11.4 Å². The first-order valence-electron chi connectivity index (χ1n) is 8.43. The van der Waals surface area contributed by atoms with Gasteiger partial charge in [0.15, 0.2) is 0 Å². The highest BCUT2D eigenvalue weighted by atomic mass is 32.2. The van der Waals surface area contributed by atoms with Crippen LogP contribution < -0.4 is 11.1 Å². The number of unbranched alkanes of at least 4 members (excludes halogenated alkanes) is 5. The average molecular weight is 343 g/mol. The van der Waals surface area contributed by atoms with E-state index in [4.69, 9.17) is 9.92 Å². The van der Waals surface area contributed by atoms with Crippen molar-refractivity contribution in [2.24, 2.45) is 5.73 Å². The molecule has 5 nitrogen and oxygen atoms in total. The van der Waals surface area contributed by atoms with Crippen molar-refractivity contribution < 1.29 is 12.6 Å². The second kappa shape index (κ2) is 10.8. The van der Waals surface area contributed by atoms with Crippen LogP contribution in [0.2, 0.25) is 0 Å². The Kier molecular flexibility index (Phi) is 9.40. The Morgan fingerprint density at radius 1 is 1.09 bits per heavy atom. The van der Waals surface area contributed by atoms with Crippen molar-refractivity contribution >= 4 is 10.1 Å². The number of nitrogens with one attached hydrogen (secondary N) is 1. The van der Waals surface area contributed by atoms with Gasteiger partial charge in [0.05, 0.1) is 4.90 Å². The van der Waals surface area contributed by atoms with E-state index in [0.717, 1.165) is 18.4 Å². The zero-order valence-electron chi connectivity index (χ0n) is 14.3. The summed E-state index contributed by atoms with van der Waals surface area (Å²) in [4.78, 5) is 0.155. The van der Waals surface area contributed by atoms with Crippen molar-refractivity contribution in [3.05, 3.63) is 29.8 Å². The van der Waals surface area contributed by atoms with Crippen LogP contribution in [0.5, 0.6) is 0 Å². The van der Waals surface area contributed by atoms with Crippen LogP contribution in [0, 0.1) is 6.92 Å². The molecule has 1 rings (SSSR count). The SMILES string of the molecule is CCCCCCCCNC(CN)OS(=O)(=O)c1ccc(C)cc1. The number of hydrogen-bond donors (Lipinski definition) is 2. The Bertz CT molecular complexity index is 529. The van der Waals surface area contributed by atoms with Gasteiger partial charge in [-0.05, 0) is 32.0 Å². The quantitative estimate of drug-likeness (QED) is 0.347. The predicted octanol–water partition coefficient (Wildman–Crippen LogP) is 2.94. The molecular formula is C17H30N2O3S. The monoisotopic (exact) mass is 342 g/mol. The van der Waals surface area contributed by atoms with E-state index < -0.39 is 16.3 Å². The van der Waals surface area contributed by atoms with Crippen LogP contribution in [0.4, 0.5) is 0 Å². The average Bonchev–Trinajstić information content (AvgIpc) is 2.53. The number of benzene rings is 1. The van der Waals surface area contributed by atoms with Gasteiger partial charge in [0.25, 0.3) is 10.1 Å². The number of aryl methyl sites for hydroxylation is 1. The van der Waals surface area contributed by atoms with Crippen molar-refractivity contribution in [2.75, 3.05) is 13.1 Å². The smallest absolute Gasteiger partial charge is 0.298 e. The van der Waals surface area contributed by atoms with E-state index in [9.17, 15) is 8.42 Å². The lowest BCUT2D eigenvalue weighted by Crippen LogP contribution is -2.40. The fourth-order valence-corrected chi connectivity index (χ4v) is 3.27. The summed E-state index contributed by atoms with van der Waals surface area (Å²) in [6.07, 6.45) is 6.43. The first-order chi connectivity index (χ1) is 11.0. The molecule has 0 aliphatic heterocycles. The van der Waals surface area contributed by atoms with Gasteiger partial charge in [-0.2, -0.15) is 8.42 Å². The lowest BCUT2D eigenvalue weighted by atomic mass is 10.1. The van der Waals surface area contributed by atoms with Crippen LogP contribution in [0.25, 0.3) is 0 Å². The highest BCUT2D eigenvalue weighted by molar-refractivity contribution is 7.86. The molecule has 0 spiro atoms. The molecule has 3 N–H and O–H groups in total. The molecule has 0 amide bonds. The summed E-state index contributed by atoms with van der Waals surface area (Å²) in [5.41, 5.74) is 6.61. The molecule has 132 valence electrons. The molecule has 0 aliphatic rings. The van der Waals surface area contributed by atoms with Gasteiger partial charge in [0.1, 0.15) is 6.23 Å². The van der Waals surface area contributed by atoms with Crippen LogP contribution >= 0.6 is 0 Å². The van der Waals surface area contributed by atoms with Crippen molar-refractivity contribution in [1.29, 1.82) is 0 Å². The van der Waals surface area contributed by atoms with E-state index in [1.54, 1.807) is 24.3 Å². The zero-order chi connectivity index (χ0) is 17.1. The van der Waals surface area contributed by atoms with Gasteiger partial charge in [-0.25, -0.2) is 4.18 Å². The van der Waals surface area contributed by atoms with Crippen LogP contribution in [-0.2, 0) is 14.3 Å². The van der Waals surface area contributed by atoms with Crippen molar-refractivity contribution in [3.8, 4) is 0 Å². The van der Waals surface area contributed by atoms with Gasteiger partial charge < -0.3 is 5.73 Å². The second-order valence-electron chi connectivity index (χ2n) is 5.81. The Labute approximate surface area is 140 Å². The molecule has 0 aliphatic carbocycles. The third kappa shape index (κ3) is 7.92. The Balaban J connectivity index is 2.38. The third-order valence-corrected chi connectivity index (χ3v) is 5.00. The summed E-state index contributed by atoms with van der Waals surface area (Å²) >= 11 is 0. The fourth-order valence-electron chi connectivity index (χ4n) is 2.24. The summed E-state index contributed by atoms with van der Waals surface area (Å²) in [6.45, 7) is 4.92. The lowest BCUT2D eigenvalue weighted by Gasteiger charge is -2.17. The highest BCUT2D eigenvalue weighted by Gasteiger charge is 2.20. The standard InChI is InChI=1S/C17H30N2O3S/c1-3-4-5-6-7-8-13-19-17(14-18)22-23(20,21)16-11-9-15(2)10-12-16/h9-12,17,19H,3-8,13-14,18H2,1-2H3. The topological polar surface area (TPSA) is 81.4 Å². The molecule has 0 radical (unpaired) electrons. The van der Waals surface area contributed by atoms with Crippen molar-refractivity contribution in [1.82, 2.24) is 5.32 Å². The highest BCUT2D eigenvalue weighted by Crippen LogP contribution is 2.14. The van der Waals surface area contributed by atoms with Crippen LogP contribution in [0.15, 0.2) is 29.2 Å². The maximum atomic E-state index is 12.2. The molecule has 1 unspecified atom stereocenters. The van der Waals surface area contributed by atoms with E-state index in [1.807, 2.05) is 6.92 Å². The lowest BCUT2D eigenvalue weighted by molar-refractivity contribution is 0.178. The molecule has 1 atom stereocenters. The largest absolute Gasteiger partial charge is 0.327 e. The first kappa shape index (κ1) is 20.1. The Morgan fingerprint density at radius 3 is 2.30 bits per heavy atom. The van der Waals surface area contributed by atoms with Gasteiger partial charge in [0, 0.05) is 6.54 Å². The van der Waals surface area contributed by atoms with Gasteiger partial charge in [-0.15, -0.1) is 0 Å². The van der Waals surface area contributed by atoms with Crippen LogP contribution in [0.3, 0.4) is 0 Å². The number of nitrogens with two attached hydrogens (primary N) is 1. The van der Waals surface area contributed by atoms with Crippen LogP contribution in [-0.4, -0.2) is 27.7 Å². The van der Waals surface area contributed by atoms with Crippen molar-refractivity contribution in [2.45, 2.75) is 63.5 Å². The summed E-state index contributed by atoms with van der Waals surface area (Å²) < 4.78 is 29.6. The minimum atomic E-state index is -3.79. The minimum absolute atomic E-state index is 0.112. The van der Waals surface area contributed by atoms with Gasteiger partial charge >= 0.3 is 0 Å². The molecule has 1 aromatic carbocycles. The molecule has 6 heteroatoms. The summed E-state index contributed by atoms with van der Waals surface area (Å²) in [5, 5.41) is 3.07. The molecular weight excluding hydrogens is 312 g/mol. The summed E-state index contributed by atoms with van der Waals surface area (Å²) in [6, 6.07) is 6.59. The maximum absolute atomic E-state index is 12.2. The maximum Gasteiger partial charge on any atom is 0.298 e. The van der Waals surface area contributed by atoms with E-state index in [0.29, 0.717) is 6.54 Å². The van der Waals surface area contributed by atoms with E-state index in [2.05, 4.69) is 12.2 Å². The van der Waals surface area contributed by atoms with E-state index in [1.165, 1.54) is 25.7 Å². The normalized spacial score (nSPS) is 13.2. The fraction of sp³-hybridized carbons (Fsp3) is 0.647. The first-order valence-corrected chi connectivity index (χ1v) is 9.84. The summed E-state index contributed by atoms with van der Waals surface area (Å²) in [5.74, 6) is 0. The number of rotatable bonds is 12. The predicted molar refractivity (Wildman–Crippen MR) is 93.7 cm³/mol. The number of hydrogen-bond acceptors (Lipinski definition) is 5. The molecule has 0 saturated heterocycles. The molecule has 0 fully saturated rings. The molecule has 23 heavy (non-hydrogen) atoms. The Hall–Kier alpha value is -0.950. The van der Waals surface area contributed by atoms with Gasteiger partial charge in [-0.3, -0.25) is 5.32 Å². The Morgan fingerprint density at radius 2 is 1.70 bits per heavy atom. The second-order valence-corrected chi connectivity index (χ2v) is 7.38. The third-order valence-electron chi connectivity index (χ3n) is 3.67. The van der Waals surface area contributed by atoms with Crippen LogP contribution in [0.1, 0.15) is 51.0 Å². The van der Waals surface area contributed by atoms with Gasteiger partial charge in [0.2, 0.25) is 0 Å². The molecule has 0 heterocycles. The molecule has 0 aromatic heterocycles. The minimum Gasteiger partial charge on any atom is -0.327 e. The molecule has 0 saturated carbocycles. The molecule has 0 bridgehead atoms. The van der Waals surface area contributed by atoms with E-state index >= 15 is 0 Å². The van der Waals surface area contributed by atoms with Crippen molar-refractivity contribution in [3.63, 3.8) is 0 Å². The van der Waals surface area contributed by atoms with Gasteiger partial charge in [-0.1, -0.05) is 56.7 Å². The summed E-state index contributed by atoms with van der Waals surface area (Å²) in [7, 11) is -3.79. The zero-order valence-corrected chi connectivity index (χ0v) is 15.1. The molecule has 1 aromatic rings.